The molecule has 0 aromatic carbocycles. The molecule has 8 rings (SSSR count). The first-order valence-electron chi connectivity index (χ1n) is 13.2. The van der Waals surface area contributed by atoms with E-state index in [1.54, 1.807) is 6.20 Å². The van der Waals surface area contributed by atoms with E-state index in [9.17, 15) is 5.11 Å². The lowest BCUT2D eigenvalue weighted by Crippen LogP contribution is -2.69. The molecule has 4 aromatic rings. The smallest absolute Gasteiger partial charge is 0.214 e. The number of alkyl halides is 1. The summed E-state index contributed by atoms with van der Waals surface area (Å²) in [7, 11) is 1.91. The van der Waals surface area contributed by atoms with Crippen LogP contribution < -0.4 is 10.6 Å². The summed E-state index contributed by atoms with van der Waals surface area (Å²) in [5, 5.41) is 28.5. The summed E-state index contributed by atoms with van der Waals surface area (Å²) in [6.07, 6.45) is 6.75. The van der Waals surface area contributed by atoms with Crippen molar-refractivity contribution in [2.75, 3.05) is 5.32 Å². The number of anilines is 2. The van der Waals surface area contributed by atoms with Gasteiger partial charge in [-0.15, -0.1) is 0 Å². The van der Waals surface area contributed by atoms with Crippen LogP contribution in [0.4, 0.5) is 16.2 Å². The van der Waals surface area contributed by atoms with Gasteiger partial charge in [-0.2, -0.15) is 10.2 Å². The average Bonchev–Trinajstić information content (AvgIpc) is 3.62. The number of fused-ring (bicyclic) bond motifs is 1. The van der Waals surface area contributed by atoms with Gasteiger partial charge in [0.15, 0.2) is 5.82 Å². The molecule has 11 nitrogen and oxygen atoms in total. The van der Waals surface area contributed by atoms with Gasteiger partial charge in [0.25, 0.3) is 0 Å². The van der Waals surface area contributed by atoms with Gasteiger partial charge in [-0.1, -0.05) is 0 Å². The van der Waals surface area contributed by atoms with E-state index in [2.05, 4.69) is 30.9 Å². The van der Waals surface area contributed by atoms with Crippen molar-refractivity contribution in [2.24, 2.45) is 13.0 Å². The predicted octanol–water partition coefficient (Wildman–Crippen LogP) is 3.23. The molecule has 0 amide bonds. The van der Waals surface area contributed by atoms with Crippen LogP contribution in [0, 0.1) is 19.8 Å². The van der Waals surface area contributed by atoms with Crippen LogP contribution in [0.5, 0.6) is 0 Å². The SMILES string of the molecule is Cc1nc(Nc2cc([C@H]3CC[C@@H](OC(O)NC45CC(C4)C5)[C@H]3F)[nH]n2)n2ccnc2c1-c1cnn(C)c1C. The Bertz CT molecular complexity index is 1490. The average molecular weight is 522 g/mol. The molecular formula is C26H32FN9O2. The highest BCUT2D eigenvalue weighted by Crippen LogP contribution is 2.57. The maximum absolute atomic E-state index is 15.4. The zero-order valence-electron chi connectivity index (χ0n) is 21.6. The monoisotopic (exact) mass is 521 g/mol. The van der Waals surface area contributed by atoms with Crippen molar-refractivity contribution in [1.82, 2.24) is 39.7 Å². The van der Waals surface area contributed by atoms with E-state index in [1.165, 1.54) is 0 Å². The maximum atomic E-state index is 15.4. The Kier molecular flexibility index (Phi) is 5.36. The number of aromatic amines is 1. The summed E-state index contributed by atoms with van der Waals surface area (Å²) < 4.78 is 24.8. The molecule has 0 saturated heterocycles. The van der Waals surface area contributed by atoms with Crippen LogP contribution >= 0.6 is 0 Å². The molecule has 4 aliphatic rings. The second-order valence-corrected chi connectivity index (χ2v) is 11.2. The largest absolute Gasteiger partial charge is 0.356 e. The lowest BCUT2D eigenvalue weighted by Gasteiger charge is -2.62. The lowest BCUT2D eigenvalue weighted by molar-refractivity contribution is -0.206. The normalized spacial score (nSPS) is 28.9. The summed E-state index contributed by atoms with van der Waals surface area (Å²) in [4.78, 5) is 9.38. The quantitative estimate of drug-likeness (QED) is 0.260. The van der Waals surface area contributed by atoms with E-state index in [1.807, 2.05) is 48.4 Å². The molecule has 200 valence electrons. The van der Waals surface area contributed by atoms with Crippen LogP contribution in [0.1, 0.15) is 55.1 Å². The summed E-state index contributed by atoms with van der Waals surface area (Å²) in [6, 6.07) is 1.81. The van der Waals surface area contributed by atoms with E-state index in [4.69, 9.17) is 9.72 Å². The zero-order valence-corrected chi connectivity index (χ0v) is 21.6. The molecular weight excluding hydrogens is 489 g/mol. The minimum atomic E-state index is -1.24. The number of aryl methyl sites for hydroxylation is 2. The van der Waals surface area contributed by atoms with Gasteiger partial charge in [0, 0.05) is 59.5 Å². The Hall–Kier alpha value is -3.35. The molecule has 4 N–H and O–H groups in total. The second kappa shape index (κ2) is 8.58. The van der Waals surface area contributed by atoms with Crippen LogP contribution in [0.15, 0.2) is 24.7 Å². The van der Waals surface area contributed by atoms with E-state index < -0.39 is 18.7 Å². The Balaban J connectivity index is 1.07. The van der Waals surface area contributed by atoms with Gasteiger partial charge >= 0.3 is 0 Å². The first kappa shape index (κ1) is 23.7. The number of hydrogen-bond donors (Lipinski definition) is 4. The maximum Gasteiger partial charge on any atom is 0.214 e. The van der Waals surface area contributed by atoms with Gasteiger partial charge in [-0.3, -0.25) is 19.5 Å². The van der Waals surface area contributed by atoms with Gasteiger partial charge in [0.2, 0.25) is 12.4 Å². The van der Waals surface area contributed by atoms with Crippen molar-refractivity contribution < 1.29 is 14.2 Å². The highest BCUT2D eigenvalue weighted by molar-refractivity contribution is 5.82. The number of nitrogens with zero attached hydrogens (tertiary/aromatic N) is 6. The van der Waals surface area contributed by atoms with Gasteiger partial charge in [0.05, 0.1) is 18.0 Å². The summed E-state index contributed by atoms with van der Waals surface area (Å²) in [6.45, 7) is 3.96. The predicted molar refractivity (Wildman–Crippen MR) is 137 cm³/mol. The minimum absolute atomic E-state index is 0.0138. The highest BCUT2D eigenvalue weighted by atomic mass is 19.1. The number of H-pyrrole nitrogens is 1. The first-order valence-corrected chi connectivity index (χ1v) is 13.2. The number of rotatable bonds is 8. The Labute approximate surface area is 218 Å². The number of ether oxygens (including phenoxy) is 1. The summed E-state index contributed by atoms with van der Waals surface area (Å²) in [5.74, 6) is 1.50. The summed E-state index contributed by atoms with van der Waals surface area (Å²) >= 11 is 0. The second-order valence-electron chi connectivity index (χ2n) is 11.2. The van der Waals surface area contributed by atoms with Gasteiger partial charge in [-0.05, 0) is 51.9 Å². The highest BCUT2D eigenvalue weighted by Gasteiger charge is 2.57. The molecule has 4 atom stereocenters. The van der Waals surface area contributed by atoms with Crippen molar-refractivity contribution in [2.45, 2.75) is 76.1 Å². The molecule has 4 aliphatic carbocycles. The Morgan fingerprint density at radius 3 is 2.79 bits per heavy atom. The van der Waals surface area contributed by atoms with E-state index in [0.717, 1.165) is 53.3 Å². The number of nitrogens with one attached hydrogen (secondary N) is 3. The van der Waals surface area contributed by atoms with Crippen LogP contribution in [0.2, 0.25) is 0 Å². The fraction of sp³-hybridized carbons (Fsp3) is 0.538. The van der Waals surface area contributed by atoms with E-state index in [-0.39, 0.29) is 11.5 Å². The van der Waals surface area contributed by atoms with Crippen molar-refractivity contribution in [3.63, 3.8) is 0 Å². The zero-order chi connectivity index (χ0) is 26.2. The third-order valence-corrected chi connectivity index (χ3v) is 8.74. The molecule has 0 spiro atoms. The fourth-order valence-corrected chi connectivity index (χ4v) is 6.45. The van der Waals surface area contributed by atoms with Gasteiger partial charge in [-0.25, -0.2) is 14.4 Å². The van der Waals surface area contributed by atoms with Crippen LogP contribution in [0.25, 0.3) is 16.8 Å². The van der Waals surface area contributed by atoms with Crippen LogP contribution in [-0.4, -0.2) is 63.7 Å². The molecule has 4 fully saturated rings. The van der Waals surface area contributed by atoms with Crippen LogP contribution in [0.3, 0.4) is 0 Å². The van der Waals surface area contributed by atoms with E-state index in [0.29, 0.717) is 30.3 Å². The number of aliphatic hydroxyl groups is 1. The fourth-order valence-electron chi connectivity index (χ4n) is 6.45. The molecule has 4 aromatic heterocycles. The minimum Gasteiger partial charge on any atom is -0.356 e. The van der Waals surface area contributed by atoms with Crippen molar-refractivity contribution in [1.29, 1.82) is 0 Å². The van der Waals surface area contributed by atoms with Crippen molar-refractivity contribution >= 4 is 17.4 Å². The number of imidazole rings is 1. The van der Waals surface area contributed by atoms with Gasteiger partial charge < -0.3 is 15.2 Å². The standard InChI is InChI=1S/C26H32FN9O2/c1-13-21(17-12-29-35(3)14(17)2)23-28-6-7-36(23)24(30-13)31-20-8-18(33-34-20)16-4-5-19(22(16)27)38-25(37)32-26-9-15(10-26)11-26/h6-8,12,15-16,19,22,25,32,37H,4-5,9-11H2,1-3H3,(H2,30,31,33,34)/t15?,16-,19-,22+,25?,26?/m1/s1. The molecule has 12 heteroatoms. The molecule has 1 unspecified atom stereocenters. The number of aromatic nitrogens is 7. The molecule has 4 saturated carbocycles. The topological polar surface area (TPSA) is 130 Å². The molecule has 0 aliphatic heterocycles. The number of hydrogen-bond acceptors (Lipinski definition) is 8. The van der Waals surface area contributed by atoms with Crippen molar-refractivity contribution in [3.8, 4) is 11.1 Å². The third-order valence-electron chi connectivity index (χ3n) is 8.74. The van der Waals surface area contributed by atoms with Gasteiger partial charge in [0.1, 0.15) is 11.8 Å². The number of halogens is 1. The van der Waals surface area contributed by atoms with Crippen molar-refractivity contribution in [3.05, 3.63) is 41.7 Å². The molecule has 38 heavy (non-hydrogen) atoms. The Morgan fingerprint density at radius 2 is 2.08 bits per heavy atom. The molecule has 2 bridgehead atoms. The molecule has 0 radical (unpaired) electrons. The van der Waals surface area contributed by atoms with E-state index >= 15 is 4.39 Å². The molecule has 4 heterocycles. The number of aliphatic hydroxyl groups excluding tert-OH is 1. The lowest BCUT2D eigenvalue weighted by atomic mass is 9.50. The first-order chi connectivity index (χ1) is 18.3. The Morgan fingerprint density at radius 1 is 1.26 bits per heavy atom. The van der Waals surface area contributed by atoms with Crippen LogP contribution in [-0.2, 0) is 11.8 Å². The summed E-state index contributed by atoms with van der Waals surface area (Å²) in [5.41, 5.74) is 5.21. The third kappa shape index (κ3) is 3.73.